The van der Waals surface area contributed by atoms with Crippen LogP contribution in [0.15, 0.2) is 79.0 Å². The zero-order chi connectivity index (χ0) is 19.3. The molecule has 4 heteroatoms. The zero-order valence-electron chi connectivity index (χ0n) is 15.5. The Morgan fingerprint density at radius 2 is 1.39 bits per heavy atom. The number of halogens is 2. The quantitative estimate of drug-likeness (QED) is 0.439. The monoisotopic (exact) mass is 376 g/mol. The Hall–Kier alpha value is -2.98. The summed E-state index contributed by atoms with van der Waals surface area (Å²) in [5.74, 6) is -0.473. The Morgan fingerprint density at radius 1 is 0.750 bits per heavy atom. The molecule has 0 aliphatic carbocycles. The van der Waals surface area contributed by atoms with Crippen molar-refractivity contribution in [3.8, 4) is 0 Å². The van der Waals surface area contributed by atoms with Crippen LogP contribution in [-0.2, 0) is 19.5 Å². The first-order valence-electron chi connectivity index (χ1n) is 9.43. The van der Waals surface area contributed by atoms with E-state index in [0.717, 1.165) is 29.6 Å². The van der Waals surface area contributed by atoms with Gasteiger partial charge in [0.15, 0.2) is 0 Å². The van der Waals surface area contributed by atoms with Crippen molar-refractivity contribution in [2.45, 2.75) is 19.5 Å². The molecule has 3 aromatic carbocycles. The van der Waals surface area contributed by atoms with Gasteiger partial charge in [0.25, 0.3) is 0 Å². The van der Waals surface area contributed by atoms with Crippen molar-refractivity contribution in [3.63, 3.8) is 0 Å². The Morgan fingerprint density at radius 3 is 2.04 bits per heavy atom. The van der Waals surface area contributed by atoms with Crippen molar-refractivity contribution in [1.29, 1.82) is 0 Å². The van der Waals surface area contributed by atoms with Gasteiger partial charge in [0, 0.05) is 36.7 Å². The van der Waals surface area contributed by atoms with Gasteiger partial charge in [-0.1, -0.05) is 42.5 Å². The molecule has 0 radical (unpaired) electrons. The highest BCUT2D eigenvalue weighted by Gasteiger charge is 2.11. The number of fused-ring (bicyclic) bond motifs is 1. The topological polar surface area (TPSA) is 19.0 Å². The van der Waals surface area contributed by atoms with Gasteiger partial charge in [-0.05, 0) is 53.4 Å². The van der Waals surface area contributed by atoms with E-state index in [0.29, 0.717) is 13.1 Å². The van der Waals surface area contributed by atoms with E-state index in [2.05, 4.69) is 22.0 Å². The Bertz CT molecular complexity index is 1020. The van der Waals surface area contributed by atoms with E-state index in [4.69, 9.17) is 0 Å². The van der Waals surface area contributed by atoms with Crippen LogP contribution >= 0.6 is 0 Å². The first-order valence-corrected chi connectivity index (χ1v) is 9.43. The Labute approximate surface area is 163 Å². The largest absolute Gasteiger partial charge is 0.361 e. The maximum Gasteiger partial charge on any atom is 0.123 e. The number of rotatable bonds is 7. The van der Waals surface area contributed by atoms with Crippen molar-refractivity contribution >= 4 is 10.9 Å². The van der Waals surface area contributed by atoms with E-state index in [1.165, 1.54) is 23.1 Å². The number of aromatic amines is 1. The third kappa shape index (κ3) is 4.46. The molecule has 0 fully saturated rings. The molecule has 142 valence electrons. The van der Waals surface area contributed by atoms with Gasteiger partial charge in [-0.3, -0.25) is 4.90 Å². The molecule has 0 atom stereocenters. The maximum absolute atomic E-state index is 13.6. The molecule has 28 heavy (non-hydrogen) atoms. The molecule has 4 aromatic rings. The fourth-order valence-corrected chi connectivity index (χ4v) is 3.62. The van der Waals surface area contributed by atoms with E-state index >= 15 is 0 Å². The molecule has 0 saturated heterocycles. The SMILES string of the molecule is Fc1cccc(CN(CCc2c[nH]c3ccccc23)Cc2cccc(F)c2)c1. The summed E-state index contributed by atoms with van der Waals surface area (Å²) in [6, 6.07) is 21.6. The third-order valence-corrected chi connectivity index (χ3v) is 4.96. The zero-order valence-corrected chi connectivity index (χ0v) is 15.5. The van der Waals surface area contributed by atoms with Crippen LogP contribution in [0.25, 0.3) is 10.9 Å². The number of hydrogen-bond donors (Lipinski definition) is 1. The molecule has 0 bridgehead atoms. The third-order valence-electron chi connectivity index (χ3n) is 4.96. The van der Waals surface area contributed by atoms with Gasteiger partial charge < -0.3 is 4.98 Å². The average Bonchev–Trinajstić information content (AvgIpc) is 3.09. The first kappa shape index (κ1) is 18.4. The maximum atomic E-state index is 13.6. The smallest absolute Gasteiger partial charge is 0.123 e. The second kappa shape index (κ2) is 8.36. The molecule has 1 heterocycles. The fourth-order valence-electron chi connectivity index (χ4n) is 3.62. The summed E-state index contributed by atoms with van der Waals surface area (Å²) in [4.78, 5) is 5.54. The highest BCUT2D eigenvalue weighted by molar-refractivity contribution is 5.83. The normalized spacial score (nSPS) is 11.4. The van der Waals surface area contributed by atoms with Crippen LogP contribution in [0.2, 0.25) is 0 Å². The van der Waals surface area contributed by atoms with Crippen LogP contribution in [0, 0.1) is 11.6 Å². The minimum Gasteiger partial charge on any atom is -0.361 e. The van der Waals surface area contributed by atoms with Crippen LogP contribution in [0.5, 0.6) is 0 Å². The van der Waals surface area contributed by atoms with Crippen molar-refractivity contribution in [2.75, 3.05) is 6.54 Å². The van der Waals surface area contributed by atoms with Crippen molar-refractivity contribution < 1.29 is 8.78 Å². The summed E-state index contributed by atoms with van der Waals surface area (Å²) >= 11 is 0. The summed E-state index contributed by atoms with van der Waals surface area (Å²) < 4.78 is 27.2. The molecule has 0 spiro atoms. The van der Waals surface area contributed by atoms with Crippen LogP contribution < -0.4 is 0 Å². The molecule has 4 rings (SSSR count). The standard InChI is InChI=1S/C24H22F2N2/c25-21-7-3-5-18(13-21)16-28(17-19-6-4-8-22(26)14-19)12-11-20-15-27-24-10-2-1-9-23(20)24/h1-10,13-15,27H,11-12,16-17H2. The summed E-state index contributed by atoms with van der Waals surface area (Å²) in [7, 11) is 0. The van der Waals surface area contributed by atoms with Gasteiger partial charge in [-0.15, -0.1) is 0 Å². The number of aromatic nitrogens is 1. The van der Waals surface area contributed by atoms with Gasteiger partial charge in [-0.2, -0.15) is 0 Å². The van der Waals surface area contributed by atoms with E-state index < -0.39 is 0 Å². The van der Waals surface area contributed by atoms with Crippen LogP contribution in [0.3, 0.4) is 0 Å². The van der Waals surface area contributed by atoms with Crippen LogP contribution in [0.4, 0.5) is 8.78 Å². The van der Waals surface area contributed by atoms with Crippen molar-refractivity contribution in [1.82, 2.24) is 9.88 Å². The second-order valence-electron chi connectivity index (χ2n) is 7.08. The number of hydrogen-bond acceptors (Lipinski definition) is 1. The summed E-state index contributed by atoms with van der Waals surface area (Å²) in [6.07, 6.45) is 2.90. The number of nitrogens with one attached hydrogen (secondary N) is 1. The molecule has 0 aliphatic rings. The van der Waals surface area contributed by atoms with E-state index in [1.807, 2.05) is 30.5 Å². The van der Waals surface area contributed by atoms with Crippen LogP contribution in [0.1, 0.15) is 16.7 Å². The summed E-state index contributed by atoms with van der Waals surface area (Å²) in [6.45, 7) is 2.00. The van der Waals surface area contributed by atoms with Gasteiger partial charge >= 0.3 is 0 Å². The number of para-hydroxylation sites is 1. The van der Waals surface area contributed by atoms with Crippen molar-refractivity contribution in [3.05, 3.63) is 107 Å². The molecule has 2 nitrogen and oxygen atoms in total. The van der Waals surface area contributed by atoms with Gasteiger partial charge in [-0.25, -0.2) is 8.78 Å². The molecule has 0 saturated carbocycles. The van der Waals surface area contributed by atoms with Gasteiger partial charge in [0.2, 0.25) is 0 Å². The second-order valence-corrected chi connectivity index (χ2v) is 7.08. The lowest BCUT2D eigenvalue weighted by molar-refractivity contribution is 0.259. The molecule has 0 aliphatic heterocycles. The summed E-state index contributed by atoms with van der Waals surface area (Å²) in [5.41, 5.74) is 4.20. The van der Waals surface area contributed by atoms with Gasteiger partial charge in [0.1, 0.15) is 11.6 Å². The lowest BCUT2D eigenvalue weighted by Gasteiger charge is -2.23. The van der Waals surface area contributed by atoms with E-state index in [9.17, 15) is 8.78 Å². The Balaban J connectivity index is 1.53. The molecular weight excluding hydrogens is 354 g/mol. The lowest BCUT2D eigenvalue weighted by atomic mass is 10.1. The van der Waals surface area contributed by atoms with Gasteiger partial charge in [0.05, 0.1) is 0 Å². The minimum absolute atomic E-state index is 0.236. The predicted octanol–water partition coefficient (Wildman–Crippen LogP) is 5.69. The minimum atomic E-state index is -0.236. The van der Waals surface area contributed by atoms with E-state index in [1.54, 1.807) is 24.3 Å². The molecule has 0 amide bonds. The number of nitrogens with zero attached hydrogens (tertiary/aromatic N) is 1. The first-order chi connectivity index (χ1) is 13.7. The highest BCUT2D eigenvalue weighted by Crippen LogP contribution is 2.19. The number of H-pyrrole nitrogens is 1. The fraction of sp³-hybridized carbons (Fsp3) is 0.167. The van der Waals surface area contributed by atoms with Crippen LogP contribution in [-0.4, -0.2) is 16.4 Å². The Kier molecular flexibility index (Phi) is 5.49. The lowest BCUT2D eigenvalue weighted by Crippen LogP contribution is -2.25. The predicted molar refractivity (Wildman–Crippen MR) is 109 cm³/mol. The highest BCUT2D eigenvalue weighted by atomic mass is 19.1. The molecule has 0 unspecified atom stereocenters. The molecule has 1 aromatic heterocycles. The number of benzene rings is 3. The molecular formula is C24H22F2N2. The van der Waals surface area contributed by atoms with Crippen molar-refractivity contribution in [2.24, 2.45) is 0 Å². The van der Waals surface area contributed by atoms with E-state index in [-0.39, 0.29) is 11.6 Å². The molecule has 1 N–H and O–H groups in total. The average molecular weight is 376 g/mol. The summed E-state index contributed by atoms with van der Waals surface area (Å²) in [5, 5.41) is 1.22.